The normalized spacial score (nSPS) is 10.4. The lowest BCUT2D eigenvalue weighted by atomic mass is 10.0. The summed E-state index contributed by atoms with van der Waals surface area (Å²) in [7, 11) is 3.11. The average Bonchev–Trinajstić information content (AvgIpc) is 2.54. The largest absolute Gasteiger partial charge is 0.493 e. The first-order valence-electron chi connectivity index (χ1n) is 7.18. The number of methoxy groups -OCH3 is 2. The molecule has 0 bridgehead atoms. The fourth-order valence-corrected chi connectivity index (χ4v) is 2.13. The Labute approximate surface area is 131 Å². The molecule has 1 amide bonds. The zero-order valence-electron chi connectivity index (χ0n) is 13.3. The Morgan fingerprint density at radius 3 is 2.14 bits per heavy atom. The average molecular weight is 299 g/mol. The van der Waals surface area contributed by atoms with Gasteiger partial charge in [0.1, 0.15) is 0 Å². The lowest BCUT2D eigenvalue weighted by Crippen LogP contribution is -2.12. The first kappa shape index (κ1) is 15.9. The van der Waals surface area contributed by atoms with Gasteiger partial charge in [0.05, 0.1) is 14.2 Å². The smallest absolute Gasteiger partial charge is 0.255 e. The molecule has 1 N–H and O–H groups in total. The minimum atomic E-state index is -0.182. The molecule has 0 fully saturated rings. The standard InChI is InChI=1S/C18H21NO3/c1-12(2)13-5-8-15(9-6-13)19-18(20)14-7-10-16(21-3)17(11-14)22-4/h5-12H,1-4H3,(H,19,20). The number of rotatable bonds is 5. The van der Waals surface area contributed by atoms with E-state index in [0.29, 0.717) is 23.0 Å². The maximum Gasteiger partial charge on any atom is 0.255 e. The van der Waals surface area contributed by atoms with Gasteiger partial charge in [0, 0.05) is 11.3 Å². The molecule has 0 aliphatic carbocycles. The summed E-state index contributed by atoms with van der Waals surface area (Å²) >= 11 is 0. The van der Waals surface area contributed by atoms with Gasteiger partial charge in [-0.3, -0.25) is 4.79 Å². The van der Waals surface area contributed by atoms with Crippen molar-refractivity contribution in [2.75, 3.05) is 19.5 Å². The van der Waals surface area contributed by atoms with Gasteiger partial charge < -0.3 is 14.8 Å². The zero-order valence-corrected chi connectivity index (χ0v) is 13.3. The molecular weight excluding hydrogens is 278 g/mol. The molecule has 0 atom stereocenters. The number of amides is 1. The minimum Gasteiger partial charge on any atom is -0.493 e. The summed E-state index contributed by atoms with van der Waals surface area (Å²) in [6, 6.07) is 13.0. The number of hydrogen-bond donors (Lipinski definition) is 1. The number of anilines is 1. The molecule has 0 saturated heterocycles. The van der Waals surface area contributed by atoms with Crippen molar-refractivity contribution >= 4 is 11.6 Å². The molecule has 0 aliphatic heterocycles. The van der Waals surface area contributed by atoms with Crippen LogP contribution in [0.4, 0.5) is 5.69 Å². The van der Waals surface area contributed by atoms with Crippen molar-refractivity contribution < 1.29 is 14.3 Å². The van der Waals surface area contributed by atoms with Crippen LogP contribution in [0.2, 0.25) is 0 Å². The summed E-state index contributed by atoms with van der Waals surface area (Å²) in [5.41, 5.74) is 2.53. The summed E-state index contributed by atoms with van der Waals surface area (Å²) in [5, 5.41) is 2.88. The number of carbonyl (C=O) groups excluding carboxylic acids is 1. The van der Waals surface area contributed by atoms with Crippen LogP contribution < -0.4 is 14.8 Å². The van der Waals surface area contributed by atoms with Crippen molar-refractivity contribution in [3.05, 3.63) is 53.6 Å². The van der Waals surface area contributed by atoms with Gasteiger partial charge in [-0.05, 0) is 41.8 Å². The topological polar surface area (TPSA) is 47.6 Å². The monoisotopic (exact) mass is 299 g/mol. The van der Waals surface area contributed by atoms with E-state index in [2.05, 4.69) is 19.2 Å². The summed E-state index contributed by atoms with van der Waals surface area (Å²) < 4.78 is 10.4. The zero-order chi connectivity index (χ0) is 16.1. The fraction of sp³-hybridized carbons (Fsp3) is 0.278. The van der Waals surface area contributed by atoms with Crippen LogP contribution in [0.1, 0.15) is 35.7 Å². The van der Waals surface area contributed by atoms with Crippen LogP contribution in [-0.4, -0.2) is 20.1 Å². The van der Waals surface area contributed by atoms with Gasteiger partial charge in [-0.1, -0.05) is 26.0 Å². The van der Waals surface area contributed by atoms with E-state index < -0.39 is 0 Å². The van der Waals surface area contributed by atoms with E-state index in [9.17, 15) is 4.79 Å². The highest BCUT2D eigenvalue weighted by Gasteiger charge is 2.11. The Kier molecular flexibility index (Phi) is 5.04. The Morgan fingerprint density at radius 1 is 0.955 bits per heavy atom. The third kappa shape index (κ3) is 3.58. The van der Waals surface area contributed by atoms with Gasteiger partial charge in [0.25, 0.3) is 5.91 Å². The van der Waals surface area contributed by atoms with Gasteiger partial charge >= 0.3 is 0 Å². The Bertz CT molecular complexity index is 648. The van der Waals surface area contributed by atoms with Crippen LogP contribution in [0.25, 0.3) is 0 Å². The SMILES string of the molecule is COc1ccc(C(=O)Nc2ccc(C(C)C)cc2)cc1OC. The summed E-state index contributed by atoms with van der Waals surface area (Å²) in [6.45, 7) is 4.27. The van der Waals surface area contributed by atoms with Crippen molar-refractivity contribution in [1.82, 2.24) is 0 Å². The van der Waals surface area contributed by atoms with Crippen LogP contribution in [0.15, 0.2) is 42.5 Å². The van der Waals surface area contributed by atoms with E-state index in [4.69, 9.17) is 9.47 Å². The van der Waals surface area contributed by atoms with Gasteiger partial charge in [-0.15, -0.1) is 0 Å². The number of benzene rings is 2. The molecule has 2 aromatic carbocycles. The van der Waals surface area contributed by atoms with Crippen LogP contribution in [0.5, 0.6) is 11.5 Å². The summed E-state index contributed by atoms with van der Waals surface area (Å²) in [5.74, 6) is 1.42. The van der Waals surface area contributed by atoms with Gasteiger partial charge in [-0.25, -0.2) is 0 Å². The van der Waals surface area contributed by atoms with E-state index in [1.807, 2.05) is 24.3 Å². The van der Waals surface area contributed by atoms with Gasteiger partial charge in [0.15, 0.2) is 11.5 Å². The van der Waals surface area contributed by atoms with E-state index in [1.54, 1.807) is 32.4 Å². The van der Waals surface area contributed by atoms with Crippen molar-refractivity contribution in [1.29, 1.82) is 0 Å². The first-order chi connectivity index (χ1) is 10.5. The second-order valence-electron chi connectivity index (χ2n) is 5.30. The number of carbonyl (C=O) groups is 1. The quantitative estimate of drug-likeness (QED) is 0.905. The van der Waals surface area contributed by atoms with Crippen LogP contribution >= 0.6 is 0 Å². The third-order valence-corrected chi connectivity index (χ3v) is 3.48. The third-order valence-electron chi connectivity index (χ3n) is 3.48. The summed E-state index contributed by atoms with van der Waals surface area (Å²) in [6.07, 6.45) is 0. The molecular formula is C18H21NO3. The maximum absolute atomic E-state index is 12.3. The lowest BCUT2D eigenvalue weighted by molar-refractivity contribution is 0.102. The molecule has 0 unspecified atom stereocenters. The Balaban J connectivity index is 2.15. The molecule has 0 spiro atoms. The van der Waals surface area contributed by atoms with E-state index in [0.717, 1.165) is 5.69 Å². The Hall–Kier alpha value is -2.49. The minimum absolute atomic E-state index is 0.182. The molecule has 2 rings (SSSR count). The first-order valence-corrected chi connectivity index (χ1v) is 7.18. The fourth-order valence-electron chi connectivity index (χ4n) is 2.13. The Morgan fingerprint density at radius 2 is 1.59 bits per heavy atom. The van der Waals surface area contributed by atoms with Crippen LogP contribution in [-0.2, 0) is 0 Å². The maximum atomic E-state index is 12.3. The van der Waals surface area contributed by atoms with Crippen LogP contribution in [0.3, 0.4) is 0 Å². The molecule has 2 aromatic rings. The van der Waals surface area contributed by atoms with E-state index in [-0.39, 0.29) is 5.91 Å². The molecule has 0 heterocycles. The highest BCUT2D eigenvalue weighted by atomic mass is 16.5. The molecule has 0 aromatic heterocycles. The second kappa shape index (κ2) is 6.98. The predicted molar refractivity (Wildman–Crippen MR) is 88.0 cm³/mol. The molecule has 116 valence electrons. The number of ether oxygens (including phenoxy) is 2. The van der Waals surface area contributed by atoms with Crippen molar-refractivity contribution in [2.24, 2.45) is 0 Å². The van der Waals surface area contributed by atoms with Crippen molar-refractivity contribution in [2.45, 2.75) is 19.8 Å². The highest BCUT2D eigenvalue weighted by Crippen LogP contribution is 2.28. The number of hydrogen-bond acceptors (Lipinski definition) is 3. The molecule has 22 heavy (non-hydrogen) atoms. The molecule has 0 aliphatic rings. The highest BCUT2D eigenvalue weighted by molar-refractivity contribution is 6.04. The molecule has 4 heteroatoms. The van der Waals surface area contributed by atoms with Crippen molar-refractivity contribution in [3.63, 3.8) is 0 Å². The summed E-state index contributed by atoms with van der Waals surface area (Å²) in [4.78, 5) is 12.3. The molecule has 4 nitrogen and oxygen atoms in total. The van der Waals surface area contributed by atoms with Gasteiger partial charge in [0.2, 0.25) is 0 Å². The molecule has 0 radical (unpaired) electrons. The van der Waals surface area contributed by atoms with Gasteiger partial charge in [-0.2, -0.15) is 0 Å². The van der Waals surface area contributed by atoms with E-state index >= 15 is 0 Å². The second-order valence-corrected chi connectivity index (χ2v) is 5.30. The predicted octanol–water partition coefficient (Wildman–Crippen LogP) is 4.08. The van der Waals surface area contributed by atoms with Crippen LogP contribution in [0, 0.1) is 0 Å². The van der Waals surface area contributed by atoms with E-state index in [1.165, 1.54) is 5.56 Å². The molecule has 0 saturated carbocycles. The lowest BCUT2D eigenvalue weighted by Gasteiger charge is -2.11. The number of nitrogens with one attached hydrogen (secondary N) is 1. The van der Waals surface area contributed by atoms with Crippen molar-refractivity contribution in [3.8, 4) is 11.5 Å².